The number of carbonyl (C=O) groups excluding carboxylic acids is 1. The summed E-state index contributed by atoms with van der Waals surface area (Å²) in [6, 6.07) is 0.381. The first-order valence-electron chi connectivity index (χ1n) is 8.71. The Bertz CT molecular complexity index is 543. The molecule has 0 bridgehead atoms. The molecule has 128 valence electrons. The predicted molar refractivity (Wildman–Crippen MR) is 95.6 cm³/mol. The molecule has 0 radical (unpaired) electrons. The quantitative estimate of drug-likeness (QED) is 0.763. The van der Waals surface area contributed by atoms with Crippen molar-refractivity contribution >= 4 is 29.1 Å². The summed E-state index contributed by atoms with van der Waals surface area (Å²) in [5.41, 5.74) is 0.994. The Kier molecular flexibility index (Phi) is 5.39. The van der Waals surface area contributed by atoms with Gasteiger partial charge in [0, 0.05) is 35.1 Å². The molecule has 3 aliphatic rings. The number of piperidine rings is 1. The monoisotopic (exact) mass is 356 g/mol. The van der Waals surface area contributed by atoms with Crippen LogP contribution < -0.4 is 0 Å². The number of hydrogen-bond donors (Lipinski definition) is 0. The van der Waals surface area contributed by atoms with Gasteiger partial charge in [0.2, 0.25) is 5.91 Å². The summed E-state index contributed by atoms with van der Waals surface area (Å²) >= 11 is 12.8. The molecule has 3 unspecified atom stereocenters. The zero-order chi connectivity index (χ0) is 16.6. The fourth-order valence-electron chi connectivity index (χ4n) is 4.07. The van der Waals surface area contributed by atoms with Gasteiger partial charge in [-0.25, -0.2) is 0 Å². The highest BCUT2D eigenvalue weighted by atomic mass is 35.5. The number of halogens is 2. The van der Waals surface area contributed by atoms with Gasteiger partial charge in [0.05, 0.1) is 0 Å². The highest BCUT2D eigenvalue weighted by Crippen LogP contribution is 2.39. The topological polar surface area (TPSA) is 23.6 Å². The van der Waals surface area contributed by atoms with Crippen molar-refractivity contribution in [1.29, 1.82) is 0 Å². The van der Waals surface area contributed by atoms with E-state index in [0.717, 1.165) is 54.5 Å². The molecule has 0 N–H and O–H groups in total. The fourth-order valence-corrected chi connectivity index (χ4v) is 4.65. The first-order chi connectivity index (χ1) is 11.0. The van der Waals surface area contributed by atoms with E-state index in [1.807, 2.05) is 6.08 Å². The predicted octanol–water partition coefficient (Wildman–Crippen LogP) is 3.97. The van der Waals surface area contributed by atoms with Crippen LogP contribution in [-0.4, -0.2) is 48.4 Å². The third kappa shape index (κ3) is 3.62. The van der Waals surface area contributed by atoms with Crippen molar-refractivity contribution in [2.24, 2.45) is 11.8 Å². The number of carbonyl (C=O) groups is 1. The van der Waals surface area contributed by atoms with Gasteiger partial charge in [0.25, 0.3) is 0 Å². The Hall–Kier alpha value is -0.510. The second kappa shape index (κ2) is 7.16. The highest BCUT2D eigenvalue weighted by Gasteiger charge is 2.38. The van der Waals surface area contributed by atoms with E-state index in [1.165, 1.54) is 6.42 Å². The van der Waals surface area contributed by atoms with E-state index in [1.54, 1.807) is 0 Å². The molecule has 0 aromatic carbocycles. The van der Waals surface area contributed by atoms with Gasteiger partial charge in [-0.05, 0) is 57.2 Å². The van der Waals surface area contributed by atoms with Crippen LogP contribution in [0.3, 0.4) is 0 Å². The Morgan fingerprint density at radius 1 is 1.26 bits per heavy atom. The fraction of sp³-hybridized carbons (Fsp3) is 0.722. The summed E-state index contributed by atoms with van der Waals surface area (Å²) in [6.45, 7) is 5.13. The lowest BCUT2D eigenvalue weighted by Crippen LogP contribution is -2.47. The number of nitrogens with zero attached hydrogens (tertiary/aromatic N) is 2. The molecular weight excluding hydrogens is 331 g/mol. The van der Waals surface area contributed by atoms with Crippen molar-refractivity contribution in [1.82, 2.24) is 9.80 Å². The van der Waals surface area contributed by atoms with Gasteiger partial charge in [-0.2, -0.15) is 0 Å². The second-order valence-corrected chi connectivity index (χ2v) is 8.11. The van der Waals surface area contributed by atoms with Gasteiger partial charge >= 0.3 is 0 Å². The van der Waals surface area contributed by atoms with Crippen molar-refractivity contribution in [3.8, 4) is 0 Å². The zero-order valence-corrected chi connectivity index (χ0v) is 15.5. The van der Waals surface area contributed by atoms with Crippen LogP contribution in [0.1, 0.15) is 39.0 Å². The van der Waals surface area contributed by atoms with Crippen molar-refractivity contribution in [2.45, 2.75) is 45.1 Å². The van der Waals surface area contributed by atoms with Crippen LogP contribution in [0.2, 0.25) is 0 Å². The van der Waals surface area contributed by atoms with Gasteiger partial charge in [0.1, 0.15) is 0 Å². The van der Waals surface area contributed by atoms with E-state index in [-0.39, 0.29) is 5.92 Å². The zero-order valence-electron chi connectivity index (χ0n) is 14.0. The van der Waals surface area contributed by atoms with E-state index < -0.39 is 0 Å². The first kappa shape index (κ1) is 17.3. The lowest BCUT2D eigenvalue weighted by Gasteiger charge is -2.36. The average molecular weight is 357 g/mol. The Morgan fingerprint density at radius 2 is 2.04 bits per heavy atom. The molecule has 3 nitrogen and oxygen atoms in total. The van der Waals surface area contributed by atoms with Crippen LogP contribution >= 0.6 is 23.2 Å². The van der Waals surface area contributed by atoms with E-state index >= 15 is 0 Å². The number of hydrogen-bond acceptors (Lipinski definition) is 2. The van der Waals surface area contributed by atoms with Gasteiger partial charge in [0.15, 0.2) is 0 Å². The standard InChI is InChI=1S/C18H26Cl2N2O/c1-12-5-6-16(19)15(17(12)20)10-13-7-9-22(18(13)23)14-4-3-8-21(2)11-14/h6,12-14H,3-5,7-11H2,1-2H3. The lowest BCUT2D eigenvalue weighted by atomic mass is 9.90. The summed E-state index contributed by atoms with van der Waals surface area (Å²) in [5.74, 6) is 0.650. The van der Waals surface area contributed by atoms with Crippen LogP contribution in [0.5, 0.6) is 0 Å². The Balaban J connectivity index is 1.67. The summed E-state index contributed by atoms with van der Waals surface area (Å²) < 4.78 is 0. The van der Waals surface area contributed by atoms with E-state index in [2.05, 4.69) is 23.8 Å². The van der Waals surface area contributed by atoms with Crippen LogP contribution in [0.15, 0.2) is 21.7 Å². The number of allylic oxidation sites excluding steroid dienone is 4. The van der Waals surface area contributed by atoms with Crippen LogP contribution in [0, 0.1) is 11.8 Å². The molecular formula is C18H26Cl2N2O. The van der Waals surface area contributed by atoms with Crippen molar-refractivity contribution in [3.63, 3.8) is 0 Å². The summed E-state index contributed by atoms with van der Waals surface area (Å²) in [5, 5.41) is 1.60. The molecule has 2 fully saturated rings. The molecule has 2 aliphatic heterocycles. The maximum Gasteiger partial charge on any atom is 0.226 e. The van der Waals surface area contributed by atoms with E-state index in [0.29, 0.717) is 24.3 Å². The third-order valence-electron chi connectivity index (χ3n) is 5.50. The van der Waals surface area contributed by atoms with Crippen LogP contribution in [0.4, 0.5) is 0 Å². The largest absolute Gasteiger partial charge is 0.338 e. The Morgan fingerprint density at radius 3 is 2.78 bits per heavy atom. The van der Waals surface area contributed by atoms with Gasteiger partial charge in [-0.1, -0.05) is 36.2 Å². The smallest absolute Gasteiger partial charge is 0.226 e. The normalized spacial score (nSPS) is 33.4. The van der Waals surface area contributed by atoms with Gasteiger partial charge < -0.3 is 9.80 Å². The van der Waals surface area contributed by atoms with Crippen LogP contribution in [0.25, 0.3) is 0 Å². The van der Waals surface area contributed by atoms with Crippen molar-refractivity contribution < 1.29 is 4.79 Å². The number of likely N-dealkylation sites (N-methyl/N-ethyl adjacent to an activating group) is 1. The maximum atomic E-state index is 12.9. The molecule has 2 saturated heterocycles. The Labute approximate surface area is 149 Å². The minimum atomic E-state index is 0.0402. The molecule has 23 heavy (non-hydrogen) atoms. The SMILES string of the molecule is CC1CC=C(Cl)C(CC2CCN(C3CCCN(C)C3)C2=O)=C1Cl. The third-order valence-corrected chi connectivity index (χ3v) is 6.48. The summed E-state index contributed by atoms with van der Waals surface area (Å²) in [4.78, 5) is 17.3. The minimum Gasteiger partial charge on any atom is -0.338 e. The van der Waals surface area contributed by atoms with E-state index in [9.17, 15) is 4.79 Å². The molecule has 5 heteroatoms. The van der Waals surface area contributed by atoms with E-state index in [4.69, 9.17) is 23.2 Å². The molecule has 1 aliphatic carbocycles. The lowest BCUT2D eigenvalue weighted by molar-refractivity contribution is -0.133. The molecule has 0 aromatic heterocycles. The number of rotatable bonds is 3. The van der Waals surface area contributed by atoms with Gasteiger partial charge in [-0.15, -0.1) is 0 Å². The molecule has 0 saturated carbocycles. The van der Waals surface area contributed by atoms with Crippen molar-refractivity contribution in [3.05, 3.63) is 21.7 Å². The molecule has 3 atom stereocenters. The van der Waals surface area contributed by atoms with Crippen LogP contribution in [-0.2, 0) is 4.79 Å². The van der Waals surface area contributed by atoms with Crippen molar-refractivity contribution in [2.75, 3.05) is 26.7 Å². The average Bonchev–Trinajstić information content (AvgIpc) is 2.88. The molecule has 2 heterocycles. The number of amides is 1. The second-order valence-electron chi connectivity index (χ2n) is 7.29. The molecule has 0 spiro atoms. The van der Waals surface area contributed by atoms with Gasteiger partial charge in [-0.3, -0.25) is 4.79 Å². The summed E-state index contributed by atoms with van der Waals surface area (Å²) in [6.07, 6.45) is 6.85. The number of likely N-dealkylation sites (tertiary alicyclic amines) is 2. The molecule has 3 rings (SSSR count). The molecule has 0 aromatic rings. The molecule has 1 amide bonds. The maximum absolute atomic E-state index is 12.9. The first-order valence-corrected chi connectivity index (χ1v) is 9.46. The highest BCUT2D eigenvalue weighted by molar-refractivity contribution is 6.36. The minimum absolute atomic E-state index is 0.0402. The summed E-state index contributed by atoms with van der Waals surface area (Å²) in [7, 11) is 2.14.